The molecule has 1 saturated carbocycles. The predicted molar refractivity (Wildman–Crippen MR) is 179 cm³/mol. The van der Waals surface area contributed by atoms with Gasteiger partial charge in [-0.2, -0.15) is 0 Å². The molecule has 3 amide bonds. The molecule has 5 rings (SSSR count). The summed E-state index contributed by atoms with van der Waals surface area (Å²) in [4.78, 5) is 30.4. The highest BCUT2D eigenvalue weighted by molar-refractivity contribution is 5.90. The maximum Gasteiger partial charge on any atom is 0.319 e. The zero-order valence-corrected chi connectivity index (χ0v) is 26.9. The van der Waals surface area contributed by atoms with Crippen LogP contribution in [0.1, 0.15) is 57.1 Å². The fraction of sp³-hybridized carbons (Fsp3) is 0.459. The molecule has 45 heavy (non-hydrogen) atoms. The Kier molecular flexibility index (Phi) is 11.1. The average Bonchev–Trinajstić information content (AvgIpc) is 3.09. The van der Waals surface area contributed by atoms with Crippen molar-refractivity contribution in [2.75, 3.05) is 32.1 Å². The molecule has 0 aromatic heterocycles. The molecule has 0 saturated heterocycles. The predicted octanol–water partition coefficient (Wildman–Crippen LogP) is 6.09. The van der Waals surface area contributed by atoms with Crippen LogP contribution in [-0.4, -0.2) is 71.8 Å². The fourth-order valence-electron chi connectivity index (χ4n) is 6.44. The number of hydrogen-bond donors (Lipinski definition) is 3. The van der Waals surface area contributed by atoms with Gasteiger partial charge in [0.25, 0.3) is 0 Å². The molecular formula is C37H48N4O4. The lowest BCUT2D eigenvalue weighted by molar-refractivity contribution is -0.134. The van der Waals surface area contributed by atoms with Crippen molar-refractivity contribution in [2.24, 2.45) is 5.92 Å². The Morgan fingerprint density at radius 1 is 1.02 bits per heavy atom. The zero-order valence-electron chi connectivity index (χ0n) is 26.9. The summed E-state index contributed by atoms with van der Waals surface area (Å²) in [5.74, 6) is 0.595. The number of carbonyl (C=O) groups is 2. The molecule has 0 unspecified atom stereocenters. The molecule has 3 N–H and O–H groups in total. The van der Waals surface area contributed by atoms with Crippen molar-refractivity contribution in [3.05, 3.63) is 83.9 Å². The van der Waals surface area contributed by atoms with E-state index in [0.717, 1.165) is 37.8 Å². The van der Waals surface area contributed by atoms with Gasteiger partial charge >= 0.3 is 6.03 Å². The van der Waals surface area contributed by atoms with Crippen molar-refractivity contribution in [1.29, 1.82) is 0 Å². The number of rotatable bonds is 9. The number of fused-ring (bicyclic) bond motifs is 1. The molecule has 0 bridgehead atoms. The minimum Gasteiger partial charge on any atom is -0.488 e. The van der Waals surface area contributed by atoms with E-state index in [0.29, 0.717) is 24.5 Å². The fourth-order valence-corrected chi connectivity index (χ4v) is 6.44. The Morgan fingerprint density at radius 3 is 2.44 bits per heavy atom. The summed E-state index contributed by atoms with van der Waals surface area (Å²) in [6.45, 7) is 5.75. The minimum atomic E-state index is -0.314. The van der Waals surface area contributed by atoms with Gasteiger partial charge in [0.15, 0.2) is 0 Å². The molecular weight excluding hydrogens is 564 g/mol. The second-order valence-corrected chi connectivity index (χ2v) is 12.9. The molecule has 0 radical (unpaired) electrons. The van der Waals surface area contributed by atoms with E-state index in [1.165, 1.54) is 23.1 Å². The van der Waals surface area contributed by atoms with E-state index < -0.39 is 0 Å². The van der Waals surface area contributed by atoms with Crippen LogP contribution in [0.3, 0.4) is 0 Å². The number of aliphatic hydroxyl groups is 1. The molecule has 8 nitrogen and oxygen atoms in total. The summed E-state index contributed by atoms with van der Waals surface area (Å²) in [6, 6.07) is 24.2. The van der Waals surface area contributed by atoms with Crippen LogP contribution < -0.4 is 15.4 Å². The topological polar surface area (TPSA) is 94.1 Å². The summed E-state index contributed by atoms with van der Waals surface area (Å²) >= 11 is 0. The van der Waals surface area contributed by atoms with Crippen LogP contribution >= 0.6 is 0 Å². The summed E-state index contributed by atoms with van der Waals surface area (Å²) in [7, 11) is 2.09. The van der Waals surface area contributed by atoms with Crippen LogP contribution in [0.2, 0.25) is 0 Å². The maximum absolute atomic E-state index is 13.6. The standard InChI is InChI=1S/C37H48N4O4/c1-26-22-41(27(2)25-42)36(43)21-31-20-33(39-37(44)38-32-12-8-5-9-13-32)18-19-34(31)45-35(26)24-40(3)23-28-14-16-30(17-15-28)29-10-6-4-7-11-29/h4,6-7,10-11,14-20,26-27,32,35,42H,5,8-9,12-13,21-25H2,1-3H3,(H2,38,39,44)/t26-,27+,35+/m0/s1. The molecule has 1 heterocycles. The number of hydrogen-bond acceptors (Lipinski definition) is 5. The Balaban J connectivity index is 1.31. The van der Waals surface area contributed by atoms with Crippen LogP contribution in [-0.2, 0) is 17.8 Å². The largest absolute Gasteiger partial charge is 0.488 e. The van der Waals surface area contributed by atoms with Crippen LogP contribution in [0.5, 0.6) is 5.75 Å². The molecule has 0 spiro atoms. The van der Waals surface area contributed by atoms with Crippen LogP contribution in [0, 0.1) is 5.92 Å². The number of anilines is 1. The smallest absolute Gasteiger partial charge is 0.319 e. The van der Waals surface area contributed by atoms with E-state index in [1.54, 1.807) is 4.90 Å². The second kappa shape index (κ2) is 15.4. The Labute approximate surface area is 267 Å². The lowest BCUT2D eigenvalue weighted by Gasteiger charge is -2.34. The molecule has 1 aliphatic carbocycles. The molecule has 3 aromatic rings. The second-order valence-electron chi connectivity index (χ2n) is 12.9. The highest BCUT2D eigenvalue weighted by Gasteiger charge is 2.31. The van der Waals surface area contributed by atoms with Crippen LogP contribution in [0.4, 0.5) is 10.5 Å². The molecule has 3 aromatic carbocycles. The maximum atomic E-state index is 13.6. The molecule has 1 fully saturated rings. The number of aliphatic hydroxyl groups excluding tert-OH is 1. The third-order valence-corrected chi connectivity index (χ3v) is 9.12. The van der Waals surface area contributed by atoms with E-state index in [-0.39, 0.29) is 49.1 Å². The van der Waals surface area contributed by atoms with Crippen molar-refractivity contribution in [2.45, 2.75) is 77.1 Å². The highest BCUT2D eigenvalue weighted by atomic mass is 16.5. The molecule has 3 atom stereocenters. The Hall–Kier alpha value is -3.88. The van der Waals surface area contributed by atoms with Crippen molar-refractivity contribution >= 4 is 17.6 Å². The minimum absolute atomic E-state index is 0.0101. The monoisotopic (exact) mass is 612 g/mol. The number of urea groups is 1. The summed E-state index contributed by atoms with van der Waals surface area (Å²) in [6.07, 6.45) is 5.44. The van der Waals surface area contributed by atoms with E-state index in [4.69, 9.17) is 4.74 Å². The van der Waals surface area contributed by atoms with Gasteiger partial charge in [-0.25, -0.2) is 4.79 Å². The van der Waals surface area contributed by atoms with E-state index in [1.807, 2.05) is 31.2 Å². The van der Waals surface area contributed by atoms with Gasteiger partial charge in [-0.05, 0) is 61.7 Å². The SMILES string of the molecule is C[C@H](CO)N1C[C@H](C)[C@@H](CN(C)Cc2ccc(-c3ccccc3)cc2)Oc2ccc(NC(=O)NC3CCCCC3)cc2CC1=O. The van der Waals surface area contributed by atoms with Gasteiger partial charge < -0.3 is 25.4 Å². The number of benzene rings is 3. The first-order chi connectivity index (χ1) is 21.8. The molecule has 240 valence electrons. The number of carbonyl (C=O) groups excluding carboxylic acids is 2. The molecule has 2 aliphatic rings. The van der Waals surface area contributed by atoms with Crippen molar-refractivity contribution in [3.8, 4) is 16.9 Å². The van der Waals surface area contributed by atoms with Crippen molar-refractivity contribution < 1.29 is 19.4 Å². The van der Waals surface area contributed by atoms with Gasteiger partial charge in [0.2, 0.25) is 5.91 Å². The van der Waals surface area contributed by atoms with Gasteiger partial charge in [0.05, 0.1) is 19.1 Å². The first-order valence-corrected chi connectivity index (χ1v) is 16.4. The third kappa shape index (κ3) is 8.86. The van der Waals surface area contributed by atoms with Gasteiger partial charge in [0, 0.05) is 42.8 Å². The van der Waals surface area contributed by atoms with E-state index in [9.17, 15) is 14.7 Å². The van der Waals surface area contributed by atoms with Crippen molar-refractivity contribution in [3.63, 3.8) is 0 Å². The Morgan fingerprint density at radius 2 is 1.73 bits per heavy atom. The quantitative estimate of drug-likeness (QED) is 0.272. The molecule has 8 heteroatoms. The van der Waals surface area contributed by atoms with Gasteiger partial charge in [-0.3, -0.25) is 9.69 Å². The van der Waals surface area contributed by atoms with Gasteiger partial charge in [-0.15, -0.1) is 0 Å². The normalized spacial score (nSPS) is 19.9. The number of amides is 3. The third-order valence-electron chi connectivity index (χ3n) is 9.12. The lowest BCUT2D eigenvalue weighted by atomic mass is 9.96. The number of nitrogens with one attached hydrogen (secondary N) is 2. The van der Waals surface area contributed by atoms with Gasteiger partial charge in [0.1, 0.15) is 11.9 Å². The van der Waals surface area contributed by atoms with Crippen molar-refractivity contribution in [1.82, 2.24) is 15.1 Å². The summed E-state index contributed by atoms with van der Waals surface area (Å²) in [5.41, 5.74) is 4.95. The lowest BCUT2D eigenvalue weighted by Crippen LogP contribution is -2.47. The summed E-state index contributed by atoms with van der Waals surface area (Å²) < 4.78 is 6.69. The number of likely N-dealkylation sites (N-methyl/N-ethyl adjacent to an activating group) is 1. The summed E-state index contributed by atoms with van der Waals surface area (Å²) in [5, 5.41) is 16.0. The van der Waals surface area contributed by atoms with E-state index in [2.05, 4.69) is 78.0 Å². The van der Waals surface area contributed by atoms with Gasteiger partial charge in [-0.1, -0.05) is 80.8 Å². The molecule has 1 aliphatic heterocycles. The highest BCUT2D eigenvalue weighted by Crippen LogP contribution is 2.30. The first-order valence-electron chi connectivity index (χ1n) is 16.4. The van der Waals surface area contributed by atoms with Crippen LogP contribution in [0.25, 0.3) is 11.1 Å². The first kappa shape index (κ1) is 32.5. The Bertz CT molecular complexity index is 1410. The van der Waals surface area contributed by atoms with E-state index >= 15 is 0 Å². The average molecular weight is 613 g/mol. The zero-order chi connectivity index (χ0) is 31.8. The van der Waals surface area contributed by atoms with Crippen LogP contribution in [0.15, 0.2) is 72.8 Å². The number of ether oxygens (including phenoxy) is 1. The number of nitrogens with zero attached hydrogens (tertiary/aromatic N) is 2.